The molecule has 0 amide bonds. The predicted octanol–water partition coefficient (Wildman–Crippen LogP) is 14.8. The zero-order chi connectivity index (χ0) is 39.9. The van der Waals surface area contributed by atoms with E-state index in [1.807, 2.05) is 36.4 Å². The molecular weight excluding hydrogens is 727 g/mol. The lowest BCUT2D eigenvalue weighted by atomic mass is 9.68. The standard InChI is InChI=1S/C57H43N3/c1-4-13-39(14-5-1)40-25-29-45(30-26-40)55-58-54(44-15-6-2-7-16-44)59-56(60-55)46-31-27-42(28-32-46)41-21-23-43(24-22-41)47-17-12-18-48(37-47)49-33-34-53-51(38-49)50-19-8-9-20-52(50)57(53)35-10-3-11-36-57/h1-2,4-9,12-34,37-38H,3,10-11,35-36H2. The summed E-state index contributed by atoms with van der Waals surface area (Å²) in [5.74, 6) is 1.95. The van der Waals surface area contributed by atoms with Crippen molar-refractivity contribution >= 4 is 0 Å². The molecule has 0 unspecified atom stereocenters. The highest BCUT2D eigenvalue weighted by molar-refractivity contribution is 5.86. The van der Waals surface area contributed by atoms with Gasteiger partial charge in [-0.2, -0.15) is 0 Å². The Morgan fingerprint density at radius 3 is 1.20 bits per heavy atom. The van der Waals surface area contributed by atoms with E-state index in [-0.39, 0.29) is 5.41 Å². The monoisotopic (exact) mass is 769 g/mol. The van der Waals surface area contributed by atoms with Crippen LogP contribution in [0.15, 0.2) is 200 Å². The van der Waals surface area contributed by atoms with E-state index in [1.165, 1.54) is 76.6 Å². The first-order valence-corrected chi connectivity index (χ1v) is 21.2. The molecule has 0 radical (unpaired) electrons. The van der Waals surface area contributed by atoms with Crippen molar-refractivity contribution in [1.82, 2.24) is 15.0 Å². The molecule has 3 heteroatoms. The number of nitrogens with zero attached hydrogens (tertiary/aromatic N) is 3. The molecule has 1 saturated carbocycles. The van der Waals surface area contributed by atoms with Crippen LogP contribution in [0.1, 0.15) is 43.2 Å². The van der Waals surface area contributed by atoms with Crippen molar-refractivity contribution in [2.24, 2.45) is 0 Å². The molecule has 1 fully saturated rings. The Balaban J connectivity index is 0.859. The summed E-state index contributed by atoms with van der Waals surface area (Å²) in [6.45, 7) is 0. The molecule has 2 aliphatic rings. The maximum absolute atomic E-state index is 5.00. The third-order valence-corrected chi connectivity index (χ3v) is 12.8. The van der Waals surface area contributed by atoms with Crippen LogP contribution in [0, 0.1) is 0 Å². The van der Waals surface area contributed by atoms with Crippen molar-refractivity contribution in [3.63, 3.8) is 0 Å². The Labute approximate surface area is 352 Å². The van der Waals surface area contributed by atoms with Crippen molar-refractivity contribution in [2.75, 3.05) is 0 Å². The summed E-state index contributed by atoms with van der Waals surface area (Å²) in [7, 11) is 0. The van der Waals surface area contributed by atoms with Crippen molar-refractivity contribution in [2.45, 2.75) is 37.5 Å². The quantitative estimate of drug-likeness (QED) is 0.162. The van der Waals surface area contributed by atoms with Crippen LogP contribution in [-0.4, -0.2) is 15.0 Å². The number of hydrogen-bond donors (Lipinski definition) is 0. The van der Waals surface area contributed by atoms with Gasteiger partial charge in [0.15, 0.2) is 17.5 Å². The molecule has 9 aromatic rings. The van der Waals surface area contributed by atoms with Gasteiger partial charge in [0.1, 0.15) is 0 Å². The summed E-state index contributed by atoms with van der Waals surface area (Å²) >= 11 is 0. The molecule has 0 N–H and O–H groups in total. The van der Waals surface area contributed by atoms with Crippen LogP contribution in [0.2, 0.25) is 0 Å². The molecule has 1 spiro atoms. The third-order valence-electron chi connectivity index (χ3n) is 12.8. The number of hydrogen-bond acceptors (Lipinski definition) is 3. The average molecular weight is 770 g/mol. The van der Waals surface area contributed by atoms with E-state index >= 15 is 0 Å². The second-order valence-electron chi connectivity index (χ2n) is 16.3. The van der Waals surface area contributed by atoms with Gasteiger partial charge in [0.2, 0.25) is 0 Å². The Morgan fingerprint density at radius 2 is 0.633 bits per heavy atom. The van der Waals surface area contributed by atoms with E-state index in [0.717, 1.165) is 33.4 Å². The SMILES string of the molecule is c1ccc(-c2ccc(-c3nc(-c4ccccc4)nc(-c4ccc(-c5ccc(-c6cccc(-c7ccc8c(c7)-c7ccccc7C87CCCCC7)c6)cc5)cc4)n3)cc2)cc1. The van der Waals surface area contributed by atoms with Crippen LogP contribution in [0.5, 0.6) is 0 Å². The molecule has 0 atom stereocenters. The number of fused-ring (bicyclic) bond motifs is 5. The maximum Gasteiger partial charge on any atom is 0.164 e. The Kier molecular flexibility index (Phi) is 9.08. The number of aromatic nitrogens is 3. The molecule has 1 heterocycles. The average Bonchev–Trinajstić information content (AvgIpc) is 3.60. The van der Waals surface area contributed by atoms with E-state index < -0.39 is 0 Å². The van der Waals surface area contributed by atoms with Gasteiger partial charge < -0.3 is 0 Å². The smallest absolute Gasteiger partial charge is 0.164 e. The summed E-state index contributed by atoms with van der Waals surface area (Å²) in [5, 5.41) is 0. The van der Waals surface area contributed by atoms with Gasteiger partial charge in [0.25, 0.3) is 0 Å². The summed E-state index contributed by atoms with van der Waals surface area (Å²) in [6.07, 6.45) is 6.49. The summed E-state index contributed by atoms with van der Waals surface area (Å²) in [6, 6.07) is 71.9. The van der Waals surface area contributed by atoms with Gasteiger partial charge in [0.05, 0.1) is 0 Å². The molecular formula is C57H43N3. The van der Waals surface area contributed by atoms with E-state index in [0.29, 0.717) is 17.5 Å². The Morgan fingerprint density at radius 1 is 0.267 bits per heavy atom. The highest BCUT2D eigenvalue weighted by atomic mass is 15.0. The molecule has 286 valence electrons. The van der Waals surface area contributed by atoms with Gasteiger partial charge in [-0.3, -0.25) is 0 Å². The first-order chi connectivity index (χ1) is 29.7. The van der Waals surface area contributed by atoms with Gasteiger partial charge in [-0.25, -0.2) is 15.0 Å². The van der Waals surface area contributed by atoms with Crippen molar-refractivity contribution in [3.05, 3.63) is 211 Å². The second kappa shape index (κ2) is 15.2. The normalized spacial score (nSPS) is 13.8. The minimum Gasteiger partial charge on any atom is -0.208 e. The highest BCUT2D eigenvalue weighted by Gasteiger charge is 2.43. The lowest BCUT2D eigenvalue weighted by molar-refractivity contribution is 0.353. The van der Waals surface area contributed by atoms with Gasteiger partial charge >= 0.3 is 0 Å². The fourth-order valence-electron chi connectivity index (χ4n) is 9.68. The summed E-state index contributed by atoms with van der Waals surface area (Å²) < 4.78 is 0. The fraction of sp³-hybridized carbons (Fsp3) is 0.105. The van der Waals surface area contributed by atoms with Crippen LogP contribution in [0.4, 0.5) is 0 Å². The maximum atomic E-state index is 5.00. The van der Waals surface area contributed by atoms with Crippen molar-refractivity contribution in [1.29, 1.82) is 0 Å². The lowest BCUT2D eigenvalue weighted by Gasteiger charge is -2.36. The van der Waals surface area contributed by atoms with E-state index in [4.69, 9.17) is 15.0 Å². The van der Waals surface area contributed by atoms with Gasteiger partial charge in [0, 0.05) is 22.1 Å². The largest absolute Gasteiger partial charge is 0.208 e. The zero-order valence-electron chi connectivity index (χ0n) is 33.4. The predicted molar refractivity (Wildman–Crippen MR) is 247 cm³/mol. The molecule has 0 aliphatic heterocycles. The second-order valence-corrected chi connectivity index (χ2v) is 16.3. The number of benzene rings is 8. The molecule has 2 aliphatic carbocycles. The first-order valence-electron chi connectivity index (χ1n) is 21.2. The molecule has 0 saturated heterocycles. The van der Waals surface area contributed by atoms with Crippen molar-refractivity contribution in [3.8, 4) is 89.8 Å². The Hall–Kier alpha value is -7.23. The molecule has 11 rings (SSSR count). The van der Waals surface area contributed by atoms with E-state index in [2.05, 4.69) is 164 Å². The zero-order valence-corrected chi connectivity index (χ0v) is 33.4. The first kappa shape index (κ1) is 35.9. The lowest BCUT2D eigenvalue weighted by Crippen LogP contribution is -2.27. The van der Waals surface area contributed by atoms with Gasteiger partial charge in [-0.15, -0.1) is 0 Å². The highest BCUT2D eigenvalue weighted by Crippen LogP contribution is 2.56. The van der Waals surface area contributed by atoms with Crippen LogP contribution in [0.25, 0.3) is 89.8 Å². The molecule has 1 aromatic heterocycles. The van der Waals surface area contributed by atoms with Crippen LogP contribution in [-0.2, 0) is 5.41 Å². The fourth-order valence-corrected chi connectivity index (χ4v) is 9.68. The number of rotatable bonds is 7. The minimum absolute atomic E-state index is 0.186. The van der Waals surface area contributed by atoms with E-state index in [1.54, 1.807) is 5.56 Å². The molecule has 60 heavy (non-hydrogen) atoms. The van der Waals surface area contributed by atoms with Crippen LogP contribution >= 0.6 is 0 Å². The van der Waals surface area contributed by atoms with Crippen LogP contribution in [0.3, 0.4) is 0 Å². The molecule has 0 bridgehead atoms. The van der Waals surface area contributed by atoms with Crippen LogP contribution < -0.4 is 0 Å². The molecule has 3 nitrogen and oxygen atoms in total. The summed E-state index contributed by atoms with van der Waals surface area (Å²) in [5.41, 5.74) is 18.5. The Bertz CT molecular complexity index is 2960. The third kappa shape index (κ3) is 6.53. The van der Waals surface area contributed by atoms with Gasteiger partial charge in [-0.05, 0) is 91.7 Å². The van der Waals surface area contributed by atoms with Gasteiger partial charge in [-0.1, -0.05) is 207 Å². The summed E-state index contributed by atoms with van der Waals surface area (Å²) in [4.78, 5) is 14.9. The van der Waals surface area contributed by atoms with Crippen molar-refractivity contribution < 1.29 is 0 Å². The topological polar surface area (TPSA) is 38.7 Å². The van der Waals surface area contributed by atoms with E-state index in [9.17, 15) is 0 Å². The minimum atomic E-state index is 0.186. The molecule has 8 aromatic carbocycles.